The number of ether oxygens (including phenoxy) is 1. The molecule has 0 radical (unpaired) electrons. The van der Waals surface area contributed by atoms with E-state index < -0.39 is 5.97 Å². The first-order valence-electron chi connectivity index (χ1n) is 5.92. The lowest BCUT2D eigenvalue weighted by Gasteiger charge is -2.14. The molecule has 6 nitrogen and oxygen atoms in total. The Hall–Kier alpha value is -2.08. The highest BCUT2D eigenvalue weighted by atomic mass is 16.5. The van der Waals surface area contributed by atoms with Crippen LogP contribution in [0, 0.1) is 0 Å². The molecule has 0 bridgehead atoms. The minimum atomic E-state index is -0.996. The van der Waals surface area contributed by atoms with E-state index in [0.29, 0.717) is 12.3 Å². The van der Waals surface area contributed by atoms with Crippen LogP contribution in [0.15, 0.2) is 24.3 Å². The van der Waals surface area contributed by atoms with Crippen molar-refractivity contribution in [2.45, 2.75) is 19.4 Å². The summed E-state index contributed by atoms with van der Waals surface area (Å²) < 4.78 is 4.92. The fraction of sp³-hybridized carbons (Fsp3) is 0.385. The number of hydrogen-bond donors (Lipinski definition) is 3. The van der Waals surface area contributed by atoms with E-state index in [1.165, 1.54) is 12.1 Å². The van der Waals surface area contributed by atoms with Gasteiger partial charge in [0.15, 0.2) is 0 Å². The van der Waals surface area contributed by atoms with E-state index in [4.69, 9.17) is 9.84 Å². The van der Waals surface area contributed by atoms with Crippen molar-refractivity contribution in [1.29, 1.82) is 0 Å². The number of carboxylic acid groups (broad SMARTS) is 1. The first-order chi connectivity index (χ1) is 9.02. The Labute approximate surface area is 111 Å². The minimum absolute atomic E-state index is 0.00163. The lowest BCUT2D eigenvalue weighted by atomic mass is 10.2. The van der Waals surface area contributed by atoms with Gasteiger partial charge >= 0.3 is 12.0 Å². The molecule has 2 amide bonds. The summed E-state index contributed by atoms with van der Waals surface area (Å²) in [6, 6.07) is 5.63. The first kappa shape index (κ1) is 15.0. The van der Waals surface area contributed by atoms with E-state index in [1.54, 1.807) is 19.2 Å². The van der Waals surface area contributed by atoms with E-state index in [1.807, 2.05) is 6.92 Å². The van der Waals surface area contributed by atoms with Crippen LogP contribution in [0.5, 0.6) is 0 Å². The second-order valence-electron chi connectivity index (χ2n) is 4.16. The quantitative estimate of drug-likeness (QED) is 0.734. The monoisotopic (exact) mass is 266 g/mol. The number of hydrogen-bond acceptors (Lipinski definition) is 3. The standard InChI is InChI=1S/C13H18N2O4/c1-9(7-8-19-2)14-13(18)15-11-5-3-10(4-6-11)12(16)17/h3-6,9H,7-8H2,1-2H3,(H,16,17)(H2,14,15,18). The van der Waals surface area contributed by atoms with Crippen molar-refractivity contribution in [2.75, 3.05) is 19.0 Å². The largest absolute Gasteiger partial charge is 0.478 e. The van der Waals surface area contributed by atoms with Gasteiger partial charge in [-0.1, -0.05) is 0 Å². The summed E-state index contributed by atoms with van der Waals surface area (Å²) in [5.74, 6) is -0.996. The molecule has 19 heavy (non-hydrogen) atoms. The number of carbonyl (C=O) groups is 2. The highest BCUT2D eigenvalue weighted by Gasteiger charge is 2.08. The lowest BCUT2D eigenvalue weighted by Crippen LogP contribution is -2.36. The van der Waals surface area contributed by atoms with Crippen LogP contribution in [0.4, 0.5) is 10.5 Å². The average molecular weight is 266 g/mol. The van der Waals surface area contributed by atoms with E-state index >= 15 is 0 Å². The molecular weight excluding hydrogens is 248 g/mol. The molecular formula is C13H18N2O4. The molecule has 1 unspecified atom stereocenters. The number of nitrogens with one attached hydrogen (secondary N) is 2. The van der Waals surface area contributed by atoms with Gasteiger partial charge in [-0.15, -0.1) is 0 Å². The van der Waals surface area contributed by atoms with Crippen molar-refractivity contribution in [3.05, 3.63) is 29.8 Å². The van der Waals surface area contributed by atoms with Gasteiger partial charge in [-0.2, -0.15) is 0 Å². The molecule has 1 atom stereocenters. The molecule has 0 aliphatic carbocycles. The highest BCUT2D eigenvalue weighted by Crippen LogP contribution is 2.09. The molecule has 1 aromatic rings. The summed E-state index contributed by atoms with van der Waals surface area (Å²) in [6.07, 6.45) is 0.724. The number of benzene rings is 1. The van der Waals surface area contributed by atoms with Crippen molar-refractivity contribution in [3.8, 4) is 0 Å². The molecule has 0 aliphatic heterocycles. The molecule has 0 saturated carbocycles. The van der Waals surface area contributed by atoms with Gasteiger partial charge in [0, 0.05) is 25.4 Å². The van der Waals surface area contributed by atoms with Gasteiger partial charge in [0.25, 0.3) is 0 Å². The zero-order valence-corrected chi connectivity index (χ0v) is 11.0. The Balaban J connectivity index is 2.45. The Morgan fingerprint density at radius 3 is 2.47 bits per heavy atom. The molecule has 0 spiro atoms. The van der Waals surface area contributed by atoms with E-state index in [0.717, 1.165) is 6.42 Å². The third-order valence-electron chi connectivity index (χ3n) is 2.52. The number of anilines is 1. The van der Waals surface area contributed by atoms with Crippen LogP contribution in [0.1, 0.15) is 23.7 Å². The van der Waals surface area contributed by atoms with Crippen molar-refractivity contribution in [3.63, 3.8) is 0 Å². The number of amides is 2. The first-order valence-corrected chi connectivity index (χ1v) is 5.92. The number of rotatable bonds is 6. The molecule has 0 fully saturated rings. The second kappa shape index (κ2) is 7.38. The van der Waals surface area contributed by atoms with E-state index in [2.05, 4.69) is 10.6 Å². The third kappa shape index (κ3) is 5.39. The van der Waals surface area contributed by atoms with Gasteiger partial charge in [-0.25, -0.2) is 9.59 Å². The number of carbonyl (C=O) groups excluding carboxylic acids is 1. The zero-order chi connectivity index (χ0) is 14.3. The van der Waals surface area contributed by atoms with Crippen LogP contribution in [-0.4, -0.2) is 36.9 Å². The van der Waals surface area contributed by atoms with Gasteiger partial charge in [-0.05, 0) is 37.6 Å². The highest BCUT2D eigenvalue weighted by molar-refractivity contribution is 5.91. The van der Waals surface area contributed by atoms with Crippen molar-refractivity contribution >= 4 is 17.7 Å². The summed E-state index contributed by atoms with van der Waals surface area (Å²) >= 11 is 0. The van der Waals surface area contributed by atoms with Crippen LogP contribution < -0.4 is 10.6 Å². The van der Waals surface area contributed by atoms with Crippen LogP contribution in [0.25, 0.3) is 0 Å². The van der Waals surface area contributed by atoms with Gasteiger partial charge in [0.05, 0.1) is 5.56 Å². The summed E-state index contributed by atoms with van der Waals surface area (Å²) in [6.45, 7) is 2.46. The summed E-state index contributed by atoms with van der Waals surface area (Å²) in [5, 5.41) is 14.1. The van der Waals surface area contributed by atoms with Crippen LogP contribution in [-0.2, 0) is 4.74 Å². The van der Waals surface area contributed by atoms with E-state index in [9.17, 15) is 9.59 Å². The van der Waals surface area contributed by atoms with Gasteiger partial charge in [0.1, 0.15) is 0 Å². The molecule has 104 valence electrons. The summed E-state index contributed by atoms with van der Waals surface area (Å²) in [4.78, 5) is 22.3. The molecule has 0 heterocycles. The normalized spacial score (nSPS) is 11.7. The van der Waals surface area contributed by atoms with Crippen LogP contribution in [0.3, 0.4) is 0 Å². The smallest absolute Gasteiger partial charge is 0.335 e. The van der Waals surface area contributed by atoms with Crippen LogP contribution in [0.2, 0.25) is 0 Å². The number of urea groups is 1. The minimum Gasteiger partial charge on any atom is -0.478 e. The van der Waals surface area contributed by atoms with E-state index in [-0.39, 0.29) is 17.6 Å². The Bertz CT molecular complexity index is 431. The van der Waals surface area contributed by atoms with Crippen molar-refractivity contribution in [1.82, 2.24) is 5.32 Å². The van der Waals surface area contributed by atoms with Gasteiger partial charge in [0.2, 0.25) is 0 Å². The zero-order valence-electron chi connectivity index (χ0n) is 11.0. The molecule has 0 aliphatic rings. The predicted octanol–water partition coefficient (Wildman–Crippen LogP) is 1.93. The SMILES string of the molecule is COCCC(C)NC(=O)Nc1ccc(C(=O)O)cc1. The molecule has 0 aromatic heterocycles. The molecule has 0 saturated heterocycles. The molecule has 1 rings (SSSR count). The maximum absolute atomic E-state index is 11.6. The lowest BCUT2D eigenvalue weighted by molar-refractivity contribution is 0.0697. The third-order valence-corrected chi connectivity index (χ3v) is 2.52. The van der Waals surface area contributed by atoms with Crippen molar-refractivity contribution < 1.29 is 19.4 Å². The molecule has 6 heteroatoms. The number of methoxy groups -OCH3 is 1. The second-order valence-corrected chi connectivity index (χ2v) is 4.16. The Morgan fingerprint density at radius 2 is 1.95 bits per heavy atom. The average Bonchev–Trinajstić information content (AvgIpc) is 2.36. The van der Waals surface area contributed by atoms with Crippen molar-refractivity contribution in [2.24, 2.45) is 0 Å². The summed E-state index contributed by atoms with van der Waals surface area (Å²) in [7, 11) is 1.61. The molecule has 1 aromatic carbocycles. The fourth-order valence-electron chi connectivity index (χ4n) is 1.45. The molecule has 3 N–H and O–H groups in total. The topological polar surface area (TPSA) is 87.7 Å². The Kier molecular flexibility index (Phi) is 5.81. The van der Waals surface area contributed by atoms with Gasteiger partial charge in [-0.3, -0.25) is 0 Å². The Morgan fingerprint density at radius 1 is 1.32 bits per heavy atom. The number of carboxylic acids is 1. The maximum Gasteiger partial charge on any atom is 0.335 e. The number of aromatic carboxylic acids is 1. The van der Waals surface area contributed by atoms with Crippen LogP contribution >= 0.6 is 0 Å². The summed E-state index contributed by atoms with van der Waals surface area (Å²) in [5.41, 5.74) is 0.723. The fourth-order valence-corrected chi connectivity index (χ4v) is 1.45. The maximum atomic E-state index is 11.6. The predicted molar refractivity (Wildman–Crippen MR) is 71.5 cm³/mol. The van der Waals surface area contributed by atoms with Gasteiger partial charge < -0.3 is 20.5 Å².